The fraction of sp³-hybridized carbons (Fsp3) is 0.333. The van der Waals surface area contributed by atoms with Crippen molar-refractivity contribution in [1.82, 2.24) is 19.4 Å². The van der Waals surface area contributed by atoms with E-state index in [1.165, 1.54) is 30.8 Å². The van der Waals surface area contributed by atoms with E-state index in [9.17, 15) is 18.0 Å². The van der Waals surface area contributed by atoms with E-state index in [1.54, 1.807) is 16.7 Å². The molecule has 1 aliphatic rings. The molecule has 3 aromatic rings. The molecular weight excluding hydrogens is 361 g/mol. The Morgan fingerprint density at radius 1 is 1.15 bits per heavy atom. The van der Waals surface area contributed by atoms with Gasteiger partial charge < -0.3 is 9.64 Å². The first-order valence-corrected chi connectivity index (χ1v) is 8.56. The minimum absolute atomic E-state index is 0.246. The molecule has 0 amide bonds. The first-order chi connectivity index (χ1) is 12.9. The van der Waals surface area contributed by atoms with Crippen molar-refractivity contribution in [2.75, 3.05) is 19.6 Å². The van der Waals surface area contributed by atoms with E-state index in [0.717, 1.165) is 19.6 Å². The summed E-state index contributed by atoms with van der Waals surface area (Å²) in [6.07, 6.45) is -2.06. The number of imidazole rings is 1. The van der Waals surface area contributed by atoms with Gasteiger partial charge in [-0.15, -0.1) is 13.2 Å². The number of ether oxygens (including phenoxy) is 1. The maximum Gasteiger partial charge on any atom is 0.573 e. The second-order valence-corrected chi connectivity index (χ2v) is 6.44. The monoisotopic (exact) mass is 378 g/mol. The number of benzene rings is 1. The molecule has 0 unspecified atom stereocenters. The van der Waals surface area contributed by atoms with Crippen LogP contribution in [0.5, 0.6) is 5.75 Å². The van der Waals surface area contributed by atoms with Crippen LogP contribution in [0.1, 0.15) is 6.42 Å². The molecule has 27 heavy (non-hydrogen) atoms. The highest BCUT2D eigenvalue weighted by atomic mass is 19.4. The number of H-pyrrole nitrogens is 1. The van der Waals surface area contributed by atoms with Gasteiger partial charge in [0.25, 0.3) is 0 Å². The lowest BCUT2D eigenvalue weighted by Gasteiger charge is -2.30. The van der Waals surface area contributed by atoms with Gasteiger partial charge in [0.2, 0.25) is 0 Å². The number of aromatic nitrogens is 3. The molecule has 0 aliphatic carbocycles. The zero-order chi connectivity index (χ0) is 19.0. The lowest BCUT2D eigenvalue weighted by atomic mass is 10.1. The Morgan fingerprint density at radius 2 is 1.96 bits per heavy atom. The van der Waals surface area contributed by atoms with Crippen molar-refractivity contribution in [3.05, 3.63) is 47.0 Å². The van der Waals surface area contributed by atoms with Gasteiger partial charge in [-0.3, -0.25) is 9.55 Å². The van der Waals surface area contributed by atoms with Crippen LogP contribution in [0.4, 0.5) is 13.2 Å². The van der Waals surface area contributed by atoms with Crippen LogP contribution in [0.3, 0.4) is 0 Å². The Bertz CT molecular complexity index is 1020. The number of halogens is 3. The van der Waals surface area contributed by atoms with E-state index in [0.29, 0.717) is 28.8 Å². The summed E-state index contributed by atoms with van der Waals surface area (Å²) >= 11 is 0. The fourth-order valence-electron chi connectivity index (χ4n) is 3.13. The van der Waals surface area contributed by atoms with Gasteiger partial charge >= 0.3 is 12.1 Å². The number of aromatic amines is 1. The second-order valence-electron chi connectivity index (χ2n) is 6.44. The van der Waals surface area contributed by atoms with Crippen molar-refractivity contribution in [3.63, 3.8) is 0 Å². The zero-order valence-corrected chi connectivity index (χ0v) is 14.3. The molecule has 4 rings (SSSR count). The van der Waals surface area contributed by atoms with Crippen LogP contribution in [-0.4, -0.2) is 45.4 Å². The van der Waals surface area contributed by atoms with Gasteiger partial charge in [0.1, 0.15) is 5.75 Å². The second kappa shape index (κ2) is 6.73. The van der Waals surface area contributed by atoms with Gasteiger partial charge in [-0.25, -0.2) is 9.78 Å². The summed E-state index contributed by atoms with van der Waals surface area (Å²) in [5.74, 6) is -0.302. The molecule has 1 aromatic carbocycles. The molecule has 0 radical (unpaired) electrons. The number of hydrogen-bond acceptors (Lipinski definition) is 4. The molecule has 6 nitrogen and oxygen atoms in total. The predicted molar refractivity (Wildman–Crippen MR) is 93.5 cm³/mol. The van der Waals surface area contributed by atoms with E-state index < -0.39 is 6.36 Å². The smallest absolute Gasteiger partial charge is 0.406 e. The van der Waals surface area contributed by atoms with E-state index in [2.05, 4.69) is 19.6 Å². The molecule has 1 fully saturated rings. The maximum absolute atomic E-state index is 12.4. The Balaban J connectivity index is 1.66. The lowest BCUT2D eigenvalue weighted by molar-refractivity contribution is -0.274. The van der Waals surface area contributed by atoms with Crippen LogP contribution in [0.15, 0.2) is 41.3 Å². The van der Waals surface area contributed by atoms with Crippen molar-refractivity contribution in [2.24, 2.45) is 0 Å². The van der Waals surface area contributed by atoms with Gasteiger partial charge in [0, 0.05) is 24.8 Å². The quantitative estimate of drug-likeness (QED) is 0.741. The summed E-state index contributed by atoms with van der Waals surface area (Å²) in [6.45, 7) is 3.37. The first kappa shape index (κ1) is 17.6. The van der Waals surface area contributed by atoms with E-state index in [-0.39, 0.29) is 11.4 Å². The van der Waals surface area contributed by atoms with Crippen LogP contribution in [-0.2, 0) is 6.54 Å². The molecule has 0 bridgehead atoms. The van der Waals surface area contributed by atoms with E-state index in [1.807, 2.05) is 0 Å². The molecule has 1 N–H and O–H groups in total. The number of alkyl halides is 3. The SMILES string of the molecule is O=c1[nH]c2ncc(-c3cccc(OC(F)(F)F)c3)cc2n1CCN1CCC1. The third-order valence-electron chi connectivity index (χ3n) is 4.62. The topological polar surface area (TPSA) is 63.2 Å². The fourth-order valence-corrected chi connectivity index (χ4v) is 3.13. The molecule has 0 saturated carbocycles. The standard InChI is InChI=1S/C18H17F3N4O2/c19-18(20,21)27-14-4-1-3-12(9-14)13-10-15-16(22-11-13)23-17(26)25(15)8-7-24-5-2-6-24/h1,3-4,9-11H,2,5-8H2,(H,22,23,26). The third-order valence-corrected chi connectivity index (χ3v) is 4.62. The van der Waals surface area contributed by atoms with Crippen LogP contribution < -0.4 is 10.4 Å². The number of hydrogen-bond donors (Lipinski definition) is 1. The van der Waals surface area contributed by atoms with Crippen LogP contribution in [0.25, 0.3) is 22.3 Å². The molecule has 9 heteroatoms. The average Bonchev–Trinajstić information content (AvgIpc) is 2.87. The average molecular weight is 378 g/mol. The van der Waals surface area contributed by atoms with Gasteiger partial charge in [-0.05, 0) is 43.3 Å². The number of pyridine rings is 1. The van der Waals surface area contributed by atoms with Crippen molar-refractivity contribution in [1.29, 1.82) is 0 Å². The molecule has 1 saturated heterocycles. The summed E-state index contributed by atoms with van der Waals surface area (Å²) in [4.78, 5) is 21.4. The summed E-state index contributed by atoms with van der Waals surface area (Å²) in [5, 5.41) is 0. The van der Waals surface area contributed by atoms with Crippen molar-refractivity contribution < 1.29 is 17.9 Å². The highest BCUT2D eigenvalue weighted by Crippen LogP contribution is 2.28. The Hall–Kier alpha value is -2.81. The lowest BCUT2D eigenvalue weighted by Crippen LogP contribution is -2.40. The molecule has 2 aromatic heterocycles. The summed E-state index contributed by atoms with van der Waals surface area (Å²) in [7, 11) is 0. The Kier molecular flexibility index (Phi) is 4.39. The van der Waals surface area contributed by atoms with Gasteiger partial charge in [0.05, 0.1) is 5.52 Å². The number of rotatable bonds is 5. The molecule has 0 atom stereocenters. The minimum atomic E-state index is -4.75. The van der Waals surface area contributed by atoms with Crippen LogP contribution in [0.2, 0.25) is 0 Å². The minimum Gasteiger partial charge on any atom is -0.406 e. The summed E-state index contributed by atoms with van der Waals surface area (Å²) in [6, 6.07) is 7.44. The van der Waals surface area contributed by atoms with Crippen molar-refractivity contribution >= 4 is 11.2 Å². The Labute approximate surface area is 152 Å². The van der Waals surface area contributed by atoms with Gasteiger partial charge in [-0.1, -0.05) is 12.1 Å². The van der Waals surface area contributed by atoms with Crippen LogP contribution in [0, 0.1) is 0 Å². The molecular formula is C18H17F3N4O2. The molecule has 3 heterocycles. The van der Waals surface area contributed by atoms with Crippen LogP contribution >= 0.6 is 0 Å². The van der Waals surface area contributed by atoms with Crippen molar-refractivity contribution in [2.45, 2.75) is 19.3 Å². The number of nitrogens with zero attached hydrogens (tertiary/aromatic N) is 3. The van der Waals surface area contributed by atoms with E-state index in [4.69, 9.17) is 0 Å². The first-order valence-electron chi connectivity index (χ1n) is 8.56. The molecule has 1 aliphatic heterocycles. The largest absolute Gasteiger partial charge is 0.573 e. The van der Waals surface area contributed by atoms with Gasteiger partial charge in [0.15, 0.2) is 5.65 Å². The maximum atomic E-state index is 12.4. The Morgan fingerprint density at radius 3 is 2.67 bits per heavy atom. The number of fused-ring (bicyclic) bond motifs is 1. The molecule has 0 spiro atoms. The number of likely N-dealkylation sites (tertiary alicyclic amines) is 1. The van der Waals surface area contributed by atoms with Gasteiger partial charge in [-0.2, -0.15) is 0 Å². The highest BCUT2D eigenvalue weighted by molar-refractivity contribution is 5.78. The normalized spacial score (nSPS) is 15.1. The molecule has 142 valence electrons. The predicted octanol–water partition coefficient (Wildman–Crippen LogP) is 3.00. The highest BCUT2D eigenvalue weighted by Gasteiger charge is 2.31. The summed E-state index contributed by atoms with van der Waals surface area (Å²) < 4.78 is 42.9. The third kappa shape index (κ3) is 3.82. The number of nitrogens with one attached hydrogen (secondary N) is 1. The summed E-state index contributed by atoms with van der Waals surface area (Å²) in [5.41, 5.74) is 1.96. The zero-order valence-electron chi connectivity index (χ0n) is 14.3. The van der Waals surface area contributed by atoms with Crippen molar-refractivity contribution in [3.8, 4) is 16.9 Å². The van der Waals surface area contributed by atoms with E-state index >= 15 is 0 Å².